The average molecular weight is 312 g/mol. The fourth-order valence-corrected chi connectivity index (χ4v) is 2.15. The zero-order chi connectivity index (χ0) is 14.4. The van der Waals surface area contributed by atoms with Gasteiger partial charge in [-0.15, -0.1) is 12.4 Å². The van der Waals surface area contributed by atoms with Crippen LogP contribution in [0, 0.1) is 0 Å². The predicted molar refractivity (Wildman–Crippen MR) is 67.3 cm³/mol. The Morgan fingerprint density at radius 2 is 2.05 bits per heavy atom. The molecule has 2 unspecified atom stereocenters. The Morgan fingerprint density at radius 3 is 2.55 bits per heavy atom. The zero-order valence-electron chi connectivity index (χ0n) is 10.4. The fraction of sp³-hybridized carbons (Fsp3) is 0.417. The smallest absolute Gasteiger partial charge is 0.417 e. The van der Waals surface area contributed by atoms with E-state index in [0.717, 1.165) is 6.07 Å². The Bertz CT molecular complexity index is 533. The normalized spacial score (nSPS) is 21.4. The molecule has 1 heterocycles. The van der Waals surface area contributed by atoms with Gasteiger partial charge in [-0.2, -0.15) is 13.2 Å². The number of hydrogen-bond acceptors (Lipinski definition) is 3. The van der Waals surface area contributed by atoms with Crippen LogP contribution in [0.25, 0.3) is 0 Å². The number of ether oxygens (including phenoxy) is 1. The highest BCUT2D eigenvalue weighted by Gasteiger charge is 2.38. The van der Waals surface area contributed by atoms with Gasteiger partial charge in [0.2, 0.25) is 0 Å². The molecule has 0 fully saturated rings. The van der Waals surface area contributed by atoms with Crippen molar-refractivity contribution < 1.29 is 27.8 Å². The van der Waals surface area contributed by atoms with Crippen molar-refractivity contribution >= 4 is 18.4 Å². The number of alkyl halides is 3. The lowest BCUT2D eigenvalue weighted by molar-refractivity contribution is -0.138. The van der Waals surface area contributed by atoms with E-state index in [1.54, 1.807) is 6.92 Å². The Kier molecular flexibility index (Phi) is 4.55. The fourth-order valence-electron chi connectivity index (χ4n) is 2.15. The zero-order valence-corrected chi connectivity index (χ0v) is 11.2. The summed E-state index contributed by atoms with van der Waals surface area (Å²) in [6.45, 7) is 1.70. The van der Waals surface area contributed by atoms with Gasteiger partial charge in [-0.3, -0.25) is 0 Å². The molecule has 0 aromatic heterocycles. The summed E-state index contributed by atoms with van der Waals surface area (Å²) in [4.78, 5) is 10.9. The summed E-state index contributed by atoms with van der Waals surface area (Å²) in [6, 6.07) is 1.14. The summed E-state index contributed by atoms with van der Waals surface area (Å²) < 4.78 is 43.8. The first-order valence-electron chi connectivity index (χ1n) is 5.61. The maximum absolute atomic E-state index is 12.8. The number of nitrogens with two attached hydrogens (primary N) is 1. The Balaban J connectivity index is 0.00000200. The van der Waals surface area contributed by atoms with Crippen molar-refractivity contribution in [2.45, 2.75) is 31.7 Å². The molecule has 3 N–H and O–H groups in total. The number of carboxylic acid groups (broad SMARTS) is 1. The summed E-state index contributed by atoms with van der Waals surface area (Å²) in [6.07, 6.45) is -4.63. The van der Waals surface area contributed by atoms with Crippen molar-refractivity contribution in [1.29, 1.82) is 0 Å². The van der Waals surface area contributed by atoms with Crippen LogP contribution in [0.2, 0.25) is 0 Å². The Labute approximate surface area is 119 Å². The lowest BCUT2D eigenvalue weighted by Crippen LogP contribution is -2.28. The van der Waals surface area contributed by atoms with Crippen molar-refractivity contribution in [2.24, 2.45) is 5.73 Å². The second-order valence-corrected chi connectivity index (χ2v) is 4.51. The number of carboxylic acids is 1. The summed E-state index contributed by atoms with van der Waals surface area (Å²) >= 11 is 0. The van der Waals surface area contributed by atoms with Crippen LogP contribution in [0.3, 0.4) is 0 Å². The molecule has 1 aliphatic heterocycles. The lowest BCUT2D eigenvalue weighted by Gasteiger charge is -2.29. The van der Waals surface area contributed by atoms with Gasteiger partial charge in [-0.05, 0) is 19.1 Å². The molecule has 1 aliphatic rings. The van der Waals surface area contributed by atoms with E-state index in [-0.39, 0.29) is 24.3 Å². The van der Waals surface area contributed by atoms with E-state index in [9.17, 15) is 18.0 Å². The van der Waals surface area contributed by atoms with E-state index in [0.29, 0.717) is 18.1 Å². The minimum absolute atomic E-state index is 0. The molecule has 0 saturated carbocycles. The van der Waals surface area contributed by atoms with Gasteiger partial charge in [-0.1, -0.05) is 0 Å². The van der Waals surface area contributed by atoms with E-state index >= 15 is 0 Å². The molecule has 2 rings (SSSR count). The third-order valence-electron chi connectivity index (χ3n) is 3.00. The van der Waals surface area contributed by atoms with Gasteiger partial charge in [-0.25, -0.2) is 4.79 Å². The number of fused-ring (bicyclic) bond motifs is 1. The van der Waals surface area contributed by atoms with Crippen LogP contribution >= 0.6 is 12.4 Å². The van der Waals surface area contributed by atoms with Gasteiger partial charge < -0.3 is 15.6 Å². The minimum atomic E-state index is -4.75. The molecular weight excluding hydrogens is 299 g/mol. The van der Waals surface area contributed by atoms with Crippen LogP contribution in [0.5, 0.6) is 5.75 Å². The first-order chi connectivity index (χ1) is 8.70. The SMILES string of the molecule is CC1CC(N)c2cc(C(=O)O)c(C(F)(F)F)cc2O1.Cl. The number of aromatic carboxylic acids is 1. The second-order valence-electron chi connectivity index (χ2n) is 4.51. The molecule has 0 bridgehead atoms. The molecule has 0 amide bonds. The number of benzene rings is 1. The van der Waals surface area contributed by atoms with E-state index in [2.05, 4.69) is 0 Å². The number of carbonyl (C=O) groups is 1. The van der Waals surface area contributed by atoms with E-state index in [1.165, 1.54) is 0 Å². The standard InChI is InChI=1S/C12H12F3NO3.ClH/c1-5-2-9(16)7-3-6(11(17)18)8(12(13,14)15)4-10(7)19-5;/h3-5,9H,2,16H2,1H3,(H,17,18);1H. The molecule has 0 spiro atoms. The highest BCUT2D eigenvalue weighted by molar-refractivity contribution is 5.90. The Morgan fingerprint density at radius 1 is 1.45 bits per heavy atom. The highest BCUT2D eigenvalue weighted by atomic mass is 35.5. The van der Waals surface area contributed by atoms with Gasteiger partial charge in [0.15, 0.2) is 0 Å². The summed E-state index contributed by atoms with van der Waals surface area (Å²) in [7, 11) is 0. The molecule has 1 aromatic carbocycles. The van der Waals surface area contributed by atoms with Crippen molar-refractivity contribution in [2.75, 3.05) is 0 Å². The quantitative estimate of drug-likeness (QED) is 0.836. The number of rotatable bonds is 1. The molecule has 112 valence electrons. The second kappa shape index (κ2) is 5.49. The maximum atomic E-state index is 12.8. The van der Waals surface area contributed by atoms with Crippen molar-refractivity contribution in [3.63, 3.8) is 0 Å². The van der Waals surface area contributed by atoms with Crippen LogP contribution in [0.4, 0.5) is 13.2 Å². The molecule has 4 nitrogen and oxygen atoms in total. The molecule has 0 aliphatic carbocycles. The molecule has 0 saturated heterocycles. The minimum Gasteiger partial charge on any atom is -0.490 e. The van der Waals surface area contributed by atoms with Crippen molar-refractivity contribution in [1.82, 2.24) is 0 Å². The van der Waals surface area contributed by atoms with Crippen LogP contribution in [-0.2, 0) is 6.18 Å². The number of halogens is 4. The monoisotopic (exact) mass is 311 g/mol. The van der Waals surface area contributed by atoms with Gasteiger partial charge >= 0.3 is 12.1 Å². The average Bonchev–Trinajstić information content (AvgIpc) is 2.25. The van der Waals surface area contributed by atoms with Gasteiger partial charge in [0.25, 0.3) is 0 Å². The largest absolute Gasteiger partial charge is 0.490 e. The topological polar surface area (TPSA) is 72.6 Å². The highest BCUT2D eigenvalue weighted by Crippen LogP contribution is 2.40. The molecule has 2 atom stereocenters. The van der Waals surface area contributed by atoms with Crippen molar-refractivity contribution in [3.05, 3.63) is 28.8 Å². The maximum Gasteiger partial charge on any atom is 0.417 e. The first-order valence-corrected chi connectivity index (χ1v) is 5.61. The van der Waals surface area contributed by atoms with E-state index in [4.69, 9.17) is 15.6 Å². The van der Waals surface area contributed by atoms with Crippen LogP contribution < -0.4 is 10.5 Å². The third kappa shape index (κ3) is 2.99. The van der Waals surface area contributed by atoms with Crippen molar-refractivity contribution in [3.8, 4) is 5.75 Å². The van der Waals surface area contributed by atoms with Gasteiger partial charge in [0, 0.05) is 18.0 Å². The lowest BCUT2D eigenvalue weighted by atomic mass is 9.93. The molecule has 1 aromatic rings. The number of hydrogen-bond donors (Lipinski definition) is 2. The summed E-state index contributed by atoms with van der Waals surface area (Å²) in [5.74, 6) is -1.63. The van der Waals surface area contributed by atoms with Crippen LogP contribution in [0.15, 0.2) is 12.1 Å². The molecule has 0 radical (unpaired) electrons. The molecule has 20 heavy (non-hydrogen) atoms. The van der Waals surface area contributed by atoms with Gasteiger partial charge in [0.1, 0.15) is 5.75 Å². The summed E-state index contributed by atoms with van der Waals surface area (Å²) in [5.41, 5.74) is 4.08. The van der Waals surface area contributed by atoms with Crippen LogP contribution in [-0.4, -0.2) is 17.2 Å². The van der Waals surface area contributed by atoms with Crippen LogP contribution in [0.1, 0.15) is 40.9 Å². The summed E-state index contributed by atoms with van der Waals surface area (Å²) in [5, 5.41) is 8.89. The Hall–Kier alpha value is -1.47. The predicted octanol–water partition coefficient (Wildman–Crippen LogP) is 3.00. The van der Waals surface area contributed by atoms with Gasteiger partial charge in [0.05, 0.1) is 17.2 Å². The van der Waals surface area contributed by atoms with E-state index in [1.807, 2.05) is 0 Å². The third-order valence-corrected chi connectivity index (χ3v) is 3.00. The molecular formula is C12H13ClF3NO3. The van der Waals surface area contributed by atoms with E-state index < -0.39 is 29.3 Å². The first kappa shape index (κ1) is 16.6. The molecule has 8 heteroatoms.